The molecule has 0 aliphatic heterocycles. The molecule has 1 unspecified atom stereocenters. The van der Waals surface area contributed by atoms with Crippen molar-refractivity contribution in [2.75, 3.05) is 18.6 Å². The van der Waals surface area contributed by atoms with Gasteiger partial charge in [0.2, 0.25) is 11.8 Å². The van der Waals surface area contributed by atoms with E-state index in [4.69, 9.17) is 0 Å². The predicted molar refractivity (Wildman–Crippen MR) is 91.6 cm³/mol. The van der Waals surface area contributed by atoms with Crippen LogP contribution in [-0.4, -0.2) is 36.4 Å². The summed E-state index contributed by atoms with van der Waals surface area (Å²) in [6.07, 6.45) is 2.96. The van der Waals surface area contributed by atoms with Crippen molar-refractivity contribution in [2.45, 2.75) is 25.8 Å². The quantitative estimate of drug-likeness (QED) is 0.754. The number of nitrogens with one attached hydrogen (secondary N) is 2. The number of hydrogen-bond donors (Lipinski definition) is 2. The monoisotopic (exact) mass is 318 g/mol. The summed E-state index contributed by atoms with van der Waals surface area (Å²) < 4.78 is 0. The largest absolute Gasteiger partial charge is 0.344 e. The molecular weight excluding hydrogens is 296 g/mol. The van der Waals surface area contributed by atoms with E-state index in [9.17, 15) is 9.59 Å². The number of carbonyl (C=O) groups excluding carboxylic acids is 2. The van der Waals surface area contributed by atoms with Gasteiger partial charge in [0.1, 0.15) is 6.04 Å². The molecular formula is C17H22N2O2S. The molecule has 0 spiro atoms. The van der Waals surface area contributed by atoms with Gasteiger partial charge >= 0.3 is 0 Å². The molecule has 1 atom stereocenters. The highest BCUT2D eigenvalue weighted by atomic mass is 32.2. The van der Waals surface area contributed by atoms with Gasteiger partial charge < -0.3 is 10.6 Å². The van der Waals surface area contributed by atoms with Crippen LogP contribution in [0, 0.1) is 11.8 Å². The molecule has 2 amide bonds. The van der Waals surface area contributed by atoms with Gasteiger partial charge in [0.25, 0.3) is 0 Å². The van der Waals surface area contributed by atoms with E-state index in [1.54, 1.807) is 18.7 Å². The molecule has 5 heteroatoms. The Morgan fingerprint density at radius 3 is 2.64 bits per heavy atom. The van der Waals surface area contributed by atoms with Crippen LogP contribution in [0.1, 0.15) is 25.3 Å². The Labute approximate surface area is 136 Å². The summed E-state index contributed by atoms with van der Waals surface area (Å²) in [7, 11) is 0. The molecule has 1 aromatic carbocycles. The smallest absolute Gasteiger partial charge is 0.243 e. The normalized spacial score (nSPS) is 11.0. The zero-order chi connectivity index (χ0) is 16.2. The van der Waals surface area contributed by atoms with E-state index >= 15 is 0 Å². The third kappa shape index (κ3) is 7.19. The topological polar surface area (TPSA) is 58.2 Å². The lowest BCUT2D eigenvalue weighted by atomic mass is 10.2. The molecule has 0 saturated heterocycles. The SMILES string of the molecule is CCC(=O)NC(CCSC)C(=O)NCC#Cc1ccccc1. The van der Waals surface area contributed by atoms with Gasteiger partial charge in [0, 0.05) is 12.0 Å². The van der Waals surface area contributed by atoms with E-state index < -0.39 is 6.04 Å². The summed E-state index contributed by atoms with van der Waals surface area (Å²) in [5.74, 6) is 6.41. The van der Waals surface area contributed by atoms with Gasteiger partial charge in [-0.2, -0.15) is 11.8 Å². The molecule has 22 heavy (non-hydrogen) atoms. The van der Waals surface area contributed by atoms with E-state index in [0.717, 1.165) is 11.3 Å². The third-order valence-electron chi connectivity index (χ3n) is 2.94. The molecule has 4 nitrogen and oxygen atoms in total. The van der Waals surface area contributed by atoms with Crippen molar-refractivity contribution in [1.29, 1.82) is 0 Å². The fraction of sp³-hybridized carbons (Fsp3) is 0.412. The first-order valence-corrected chi connectivity index (χ1v) is 8.66. The van der Waals surface area contributed by atoms with Crippen LogP contribution >= 0.6 is 11.8 Å². The number of thioether (sulfide) groups is 1. The molecule has 0 saturated carbocycles. The number of benzene rings is 1. The Bertz CT molecular complexity index is 535. The van der Waals surface area contributed by atoms with Crippen LogP contribution in [-0.2, 0) is 9.59 Å². The van der Waals surface area contributed by atoms with Crippen molar-refractivity contribution >= 4 is 23.6 Å². The van der Waals surface area contributed by atoms with Crippen molar-refractivity contribution in [1.82, 2.24) is 10.6 Å². The minimum absolute atomic E-state index is 0.114. The van der Waals surface area contributed by atoms with Crippen molar-refractivity contribution < 1.29 is 9.59 Å². The second-order valence-corrected chi connectivity index (χ2v) is 5.63. The lowest BCUT2D eigenvalue weighted by Crippen LogP contribution is -2.47. The molecule has 1 aromatic rings. The summed E-state index contributed by atoms with van der Waals surface area (Å²) in [5, 5.41) is 5.50. The Hall–Kier alpha value is -1.93. The standard InChI is InChI=1S/C17H22N2O2S/c1-3-16(20)19-15(11-13-22-2)17(21)18-12-7-10-14-8-5-4-6-9-14/h4-6,8-9,15H,3,11-13H2,1-2H3,(H,18,21)(H,19,20). The highest BCUT2D eigenvalue weighted by Crippen LogP contribution is 2.01. The molecule has 0 bridgehead atoms. The van der Waals surface area contributed by atoms with E-state index in [-0.39, 0.29) is 18.4 Å². The Morgan fingerprint density at radius 2 is 2.00 bits per heavy atom. The predicted octanol–water partition coefficient (Wildman–Crippen LogP) is 1.80. The highest BCUT2D eigenvalue weighted by molar-refractivity contribution is 7.98. The first-order valence-electron chi connectivity index (χ1n) is 7.27. The minimum atomic E-state index is -0.488. The van der Waals surface area contributed by atoms with Crippen molar-refractivity contribution in [2.24, 2.45) is 0 Å². The van der Waals surface area contributed by atoms with Crippen molar-refractivity contribution in [3.05, 3.63) is 35.9 Å². The summed E-state index contributed by atoms with van der Waals surface area (Å²) in [6, 6.07) is 9.11. The number of carbonyl (C=O) groups is 2. The summed E-state index contributed by atoms with van der Waals surface area (Å²) >= 11 is 1.65. The van der Waals surface area contributed by atoms with Gasteiger partial charge in [0.15, 0.2) is 0 Å². The number of rotatable bonds is 7. The van der Waals surface area contributed by atoms with E-state index in [1.165, 1.54) is 0 Å². The zero-order valence-electron chi connectivity index (χ0n) is 13.0. The van der Waals surface area contributed by atoms with Gasteiger partial charge in [-0.25, -0.2) is 0 Å². The van der Waals surface area contributed by atoms with Crippen LogP contribution in [0.25, 0.3) is 0 Å². The average Bonchev–Trinajstić information content (AvgIpc) is 2.55. The van der Waals surface area contributed by atoms with Gasteiger partial charge in [-0.3, -0.25) is 9.59 Å². The second-order valence-electron chi connectivity index (χ2n) is 4.64. The van der Waals surface area contributed by atoms with Gasteiger partial charge in [0.05, 0.1) is 6.54 Å². The molecule has 0 aliphatic rings. The maximum atomic E-state index is 12.1. The molecule has 0 heterocycles. The summed E-state index contributed by atoms with van der Waals surface area (Å²) in [6.45, 7) is 2.04. The molecule has 1 rings (SSSR count). The number of amides is 2. The molecule has 0 aromatic heterocycles. The van der Waals surface area contributed by atoms with Gasteiger partial charge in [-0.05, 0) is 30.6 Å². The Kier molecular flexibility index (Phi) is 8.85. The minimum Gasteiger partial charge on any atom is -0.344 e. The molecule has 0 aliphatic carbocycles. The van der Waals surface area contributed by atoms with E-state index in [1.807, 2.05) is 36.6 Å². The highest BCUT2D eigenvalue weighted by Gasteiger charge is 2.18. The molecule has 2 N–H and O–H groups in total. The van der Waals surface area contributed by atoms with Crippen LogP contribution in [0.5, 0.6) is 0 Å². The fourth-order valence-electron chi connectivity index (χ4n) is 1.72. The van der Waals surface area contributed by atoms with E-state index in [2.05, 4.69) is 22.5 Å². The third-order valence-corrected chi connectivity index (χ3v) is 3.58. The van der Waals surface area contributed by atoms with Crippen LogP contribution in [0.4, 0.5) is 0 Å². The number of hydrogen-bond acceptors (Lipinski definition) is 3. The Balaban J connectivity index is 2.48. The molecule has 118 valence electrons. The van der Waals surface area contributed by atoms with Crippen LogP contribution in [0.15, 0.2) is 30.3 Å². The van der Waals surface area contributed by atoms with Crippen LogP contribution in [0.2, 0.25) is 0 Å². The zero-order valence-corrected chi connectivity index (χ0v) is 13.8. The lowest BCUT2D eigenvalue weighted by Gasteiger charge is -2.16. The molecule has 0 radical (unpaired) electrons. The van der Waals surface area contributed by atoms with Gasteiger partial charge in [-0.1, -0.05) is 37.0 Å². The van der Waals surface area contributed by atoms with Crippen molar-refractivity contribution in [3.63, 3.8) is 0 Å². The fourth-order valence-corrected chi connectivity index (χ4v) is 2.19. The molecule has 0 fully saturated rings. The van der Waals surface area contributed by atoms with Crippen LogP contribution < -0.4 is 10.6 Å². The summed E-state index contributed by atoms with van der Waals surface area (Å²) in [4.78, 5) is 23.6. The van der Waals surface area contributed by atoms with Crippen molar-refractivity contribution in [3.8, 4) is 11.8 Å². The first-order chi connectivity index (χ1) is 10.7. The maximum absolute atomic E-state index is 12.1. The lowest BCUT2D eigenvalue weighted by molar-refractivity contribution is -0.128. The second kappa shape index (κ2) is 10.7. The van der Waals surface area contributed by atoms with Crippen LogP contribution in [0.3, 0.4) is 0 Å². The van der Waals surface area contributed by atoms with Gasteiger partial charge in [-0.15, -0.1) is 0 Å². The average molecular weight is 318 g/mol. The first kappa shape index (κ1) is 18.1. The van der Waals surface area contributed by atoms with E-state index in [0.29, 0.717) is 12.8 Å². The maximum Gasteiger partial charge on any atom is 0.243 e. The summed E-state index contributed by atoms with van der Waals surface area (Å²) in [5.41, 5.74) is 0.912. The Morgan fingerprint density at radius 1 is 1.27 bits per heavy atom.